The minimum absolute atomic E-state index is 0.111. The average Bonchev–Trinajstić information content (AvgIpc) is 2.82. The number of hydrogen-bond donors (Lipinski definition) is 0. The smallest absolute Gasteiger partial charge is 0.225 e. The molecule has 1 fully saturated rings. The van der Waals surface area contributed by atoms with Crippen molar-refractivity contribution in [3.05, 3.63) is 23.8 Å². The number of morpholine rings is 1. The van der Waals surface area contributed by atoms with E-state index in [1.54, 1.807) is 7.11 Å². The van der Waals surface area contributed by atoms with Gasteiger partial charge in [0.1, 0.15) is 12.4 Å². The van der Waals surface area contributed by atoms with Crippen LogP contribution in [0.4, 0.5) is 5.69 Å². The van der Waals surface area contributed by atoms with Gasteiger partial charge in [0.25, 0.3) is 0 Å². The molecule has 0 radical (unpaired) electrons. The topological polar surface area (TPSA) is 51.2 Å². The molecule has 2 heterocycles. The van der Waals surface area contributed by atoms with E-state index in [0.29, 0.717) is 32.7 Å². The molecule has 1 saturated heterocycles. The largest absolute Gasteiger partial charge is 0.491 e. The number of methoxy groups -OCH3 is 1. The number of hydrogen-bond acceptors (Lipinski definition) is 5. The summed E-state index contributed by atoms with van der Waals surface area (Å²) in [4.78, 5) is 16.4. The van der Waals surface area contributed by atoms with Crippen molar-refractivity contribution >= 4 is 11.6 Å². The predicted octanol–water partition coefficient (Wildman–Crippen LogP) is 1.28. The van der Waals surface area contributed by atoms with Gasteiger partial charge in [0.05, 0.1) is 32.8 Å². The minimum Gasteiger partial charge on any atom is -0.491 e. The number of amides is 1. The zero-order valence-electron chi connectivity index (χ0n) is 13.6. The van der Waals surface area contributed by atoms with Crippen LogP contribution in [0.25, 0.3) is 0 Å². The monoisotopic (exact) mass is 320 g/mol. The molecule has 1 amide bonds. The highest BCUT2D eigenvalue weighted by Gasteiger charge is 2.21. The van der Waals surface area contributed by atoms with Gasteiger partial charge in [-0.25, -0.2) is 0 Å². The molecule has 0 N–H and O–H groups in total. The number of ether oxygens (including phenoxy) is 3. The number of carbonyl (C=O) groups excluding carboxylic acids is 1. The maximum atomic E-state index is 12.3. The Morgan fingerprint density at radius 3 is 2.83 bits per heavy atom. The number of benzene rings is 1. The second-order valence-electron chi connectivity index (χ2n) is 5.80. The lowest BCUT2D eigenvalue weighted by molar-refractivity contribution is -0.132. The van der Waals surface area contributed by atoms with Crippen molar-refractivity contribution in [1.29, 1.82) is 0 Å². The van der Waals surface area contributed by atoms with Gasteiger partial charge in [-0.2, -0.15) is 0 Å². The summed E-state index contributed by atoms with van der Waals surface area (Å²) in [6.07, 6.45) is 0.412. The third kappa shape index (κ3) is 3.95. The molecule has 0 unspecified atom stereocenters. The summed E-state index contributed by atoms with van der Waals surface area (Å²) in [5, 5.41) is 0. The maximum absolute atomic E-state index is 12.3. The second kappa shape index (κ2) is 7.66. The van der Waals surface area contributed by atoms with Crippen LogP contribution in [0, 0.1) is 0 Å². The van der Waals surface area contributed by atoms with E-state index in [-0.39, 0.29) is 5.91 Å². The lowest BCUT2D eigenvalue weighted by atomic mass is 10.1. The SMILES string of the molecule is COCCC(=O)N1CCOc2ccc(N3CCOCC3)cc2C1. The van der Waals surface area contributed by atoms with Gasteiger partial charge in [-0.1, -0.05) is 0 Å². The summed E-state index contributed by atoms with van der Waals surface area (Å²) in [5.74, 6) is 0.990. The van der Waals surface area contributed by atoms with Crippen LogP contribution in [0.15, 0.2) is 18.2 Å². The van der Waals surface area contributed by atoms with Gasteiger partial charge in [-0.15, -0.1) is 0 Å². The van der Waals surface area contributed by atoms with E-state index in [2.05, 4.69) is 17.0 Å². The normalized spacial score (nSPS) is 18.1. The molecule has 23 heavy (non-hydrogen) atoms. The van der Waals surface area contributed by atoms with Gasteiger partial charge in [0, 0.05) is 38.0 Å². The van der Waals surface area contributed by atoms with Gasteiger partial charge < -0.3 is 24.0 Å². The summed E-state index contributed by atoms with van der Waals surface area (Å²) in [6, 6.07) is 6.25. The predicted molar refractivity (Wildman–Crippen MR) is 86.9 cm³/mol. The Bertz CT molecular complexity index is 543. The van der Waals surface area contributed by atoms with Crippen LogP contribution >= 0.6 is 0 Å². The fraction of sp³-hybridized carbons (Fsp3) is 0.588. The summed E-state index contributed by atoms with van der Waals surface area (Å²) >= 11 is 0. The molecule has 0 atom stereocenters. The van der Waals surface area contributed by atoms with Gasteiger partial charge >= 0.3 is 0 Å². The molecule has 0 aliphatic carbocycles. The molecule has 3 rings (SSSR count). The van der Waals surface area contributed by atoms with Gasteiger partial charge in [0.2, 0.25) is 5.91 Å². The first-order valence-corrected chi connectivity index (χ1v) is 8.13. The quantitative estimate of drug-likeness (QED) is 0.836. The number of nitrogens with zero attached hydrogens (tertiary/aromatic N) is 2. The Morgan fingerprint density at radius 2 is 2.04 bits per heavy atom. The molecule has 0 bridgehead atoms. The number of fused-ring (bicyclic) bond motifs is 1. The molecule has 6 heteroatoms. The Morgan fingerprint density at radius 1 is 1.22 bits per heavy atom. The van der Waals surface area contributed by atoms with E-state index in [1.165, 1.54) is 5.69 Å². The Labute approximate surface area is 136 Å². The first kappa shape index (κ1) is 16.1. The van der Waals surface area contributed by atoms with Crippen molar-refractivity contribution in [2.24, 2.45) is 0 Å². The first-order chi connectivity index (χ1) is 11.3. The molecule has 6 nitrogen and oxygen atoms in total. The lowest BCUT2D eigenvalue weighted by Crippen LogP contribution is -2.36. The molecule has 126 valence electrons. The first-order valence-electron chi connectivity index (χ1n) is 8.13. The van der Waals surface area contributed by atoms with Crippen molar-refractivity contribution in [3.8, 4) is 5.75 Å². The second-order valence-corrected chi connectivity index (χ2v) is 5.80. The van der Waals surface area contributed by atoms with Gasteiger partial charge in [-0.3, -0.25) is 4.79 Å². The zero-order chi connectivity index (χ0) is 16.1. The van der Waals surface area contributed by atoms with E-state index in [1.807, 2.05) is 11.0 Å². The van der Waals surface area contributed by atoms with Crippen LogP contribution in [-0.2, 0) is 20.8 Å². The third-order valence-electron chi connectivity index (χ3n) is 4.27. The van der Waals surface area contributed by atoms with Crippen molar-refractivity contribution < 1.29 is 19.0 Å². The molecule has 1 aromatic rings. The van der Waals surface area contributed by atoms with Gasteiger partial charge in [-0.05, 0) is 18.2 Å². The van der Waals surface area contributed by atoms with Crippen LogP contribution in [0.5, 0.6) is 5.75 Å². The van der Waals surface area contributed by atoms with E-state index < -0.39 is 0 Å². The summed E-state index contributed by atoms with van der Waals surface area (Å²) in [5.41, 5.74) is 2.24. The minimum atomic E-state index is 0.111. The molecule has 1 aromatic carbocycles. The van der Waals surface area contributed by atoms with Crippen molar-refractivity contribution in [2.75, 3.05) is 58.1 Å². The van der Waals surface area contributed by atoms with E-state index in [9.17, 15) is 4.79 Å². The van der Waals surface area contributed by atoms with Crippen LogP contribution in [0.2, 0.25) is 0 Å². The highest BCUT2D eigenvalue weighted by molar-refractivity contribution is 5.76. The summed E-state index contributed by atoms with van der Waals surface area (Å²) < 4.78 is 16.2. The summed E-state index contributed by atoms with van der Waals surface area (Å²) in [6.45, 7) is 5.51. The molecule has 0 aromatic heterocycles. The van der Waals surface area contributed by atoms with Crippen molar-refractivity contribution in [2.45, 2.75) is 13.0 Å². The van der Waals surface area contributed by atoms with Crippen molar-refractivity contribution in [1.82, 2.24) is 4.90 Å². The molecule has 0 saturated carbocycles. The average molecular weight is 320 g/mol. The van der Waals surface area contributed by atoms with Crippen LogP contribution in [-0.4, -0.2) is 64.0 Å². The van der Waals surface area contributed by atoms with E-state index in [0.717, 1.165) is 37.6 Å². The number of anilines is 1. The molecular weight excluding hydrogens is 296 g/mol. The fourth-order valence-corrected chi connectivity index (χ4v) is 2.96. The van der Waals surface area contributed by atoms with Gasteiger partial charge in [0.15, 0.2) is 0 Å². The van der Waals surface area contributed by atoms with Crippen LogP contribution in [0.3, 0.4) is 0 Å². The van der Waals surface area contributed by atoms with Crippen LogP contribution < -0.4 is 9.64 Å². The van der Waals surface area contributed by atoms with E-state index >= 15 is 0 Å². The number of carbonyl (C=O) groups is 1. The highest BCUT2D eigenvalue weighted by atomic mass is 16.5. The Kier molecular flexibility index (Phi) is 5.35. The zero-order valence-corrected chi connectivity index (χ0v) is 13.6. The molecule has 2 aliphatic heterocycles. The third-order valence-corrected chi connectivity index (χ3v) is 4.27. The maximum Gasteiger partial charge on any atom is 0.225 e. The van der Waals surface area contributed by atoms with Crippen molar-refractivity contribution in [3.63, 3.8) is 0 Å². The molecular formula is C17H24N2O4. The fourth-order valence-electron chi connectivity index (χ4n) is 2.96. The Balaban J connectivity index is 1.74. The summed E-state index contributed by atoms with van der Waals surface area (Å²) in [7, 11) is 1.61. The molecule has 0 spiro atoms. The number of rotatable bonds is 4. The van der Waals surface area contributed by atoms with Crippen LogP contribution in [0.1, 0.15) is 12.0 Å². The van der Waals surface area contributed by atoms with E-state index in [4.69, 9.17) is 14.2 Å². The Hall–Kier alpha value is -1.79. The lowest BCUT2D eigenvalue weighted by Gasteiger charge is -2.29. The highest BCUT2D eigenvalue weighted by Crippen LogP contribution is 2.28. The molecule has 2 aliphatic rings. The standard InChI is InChI=1S/C17H24N2O4/c1-21-8-4-17(20)19-7-11-23-16-3-2-15(12-14(16)13-19)18-5-9-22-10-6-18/h2-3,12H,4-11,13H2,1H3.